The van der Waals surface area contributed by atoms with Crippen LogP contribution in [0.5, 0.6) is 0 Å². The Morgan fingerprint density at radius 1 is 0.725 bits per heavy atom. The Balaban J connectivity index is 2.65. The van der Waals surface area contributed by atoms with Gasteiger partial charge in [0.1, 0.15) is 0 Å². The van der Waals surface area contributed by atoms with Crippen molar-refractivity contribution in [1.29, 1.82) is 0 Å². The normalized spacial score (nSPS) is 14.8. The van der Waals surface area contributed by atoms with Gasteiger partial charge in [0, 0.05) is 29.0 Å². The molecule has 6 N–H and O–H groups in total. The molecule has 2 unspecified atom stereocenters. The van der Waals surface area contributed by atoms with Gasteiger partial charge in [0.2, 0.25) is 23.6 Å². The van der Waals surface area contributed by atoms with Gasteiger partial charge in [-0.1, -0.05) is 88.4 Å². The number of carbonyl (C=O) groups is 4. The zero-order chi connectivity index (χ0) is 30.1. The largest absolute Gasteiger partial charge is 0.370 e. The van der Waals surface area contributed by atoms with Crippen molar-refractivity contribution in [1.82, 2.24) is 10.6 Å². The van der Waals surface area contributed by atoms with Crippen LogP contribution in [0.1, 0.15) is 58.1 Å². The molecule has 0 aliphatic heterocycles. The number of amides is 4. The van der Waals surface area contributed by atoms with Gasteiger partial charge in [0.25, 0.3) is 0 Å². The minimum Gasteiger partial charge on any atom is -0.370 e. The van der Waals surface area contributed by atoms with E-state index in [-0.39, 0.29) is 32.4 Å². The van der Waals surface area contributed by atoms with Gasteiger partial charge in [-0.15, -0.1) is 0 Å². The van der Waals surface area contributed by atoms with Gasteiger partial charge in [-0.05, 0) is 24.0 Å². The first kappa shape index (κ1) is 33.2. The number of thiol groups is 2. The van der Waals surface area contributed by atoms with E-state index in [1.54, 1.807) is 27.7 Å². The number of nitrogens with two attached hydrogens (primary N) is 2. The van der Waals surface area contributed by atoms with E-state index >= 15 is 0 Å². The van der Waals surface area contributed by atoms with Crippen LogP contribution in [0.2, 0.25) is 0 Å². The van der Waals surface area contributed by atoms with Crippen molar-refractivity contribution in [2.45, 2.75) is 69.5 Å². The zero-order valence-corrected chi connectivity index (χ0v) is 25.4. The molecule has 0 spiro atoms. The summed E-state index contributed by atoms with van der Waals surface area (Å²) in [6, 6.07) is 18.6. The number of nitrogens with one attached hydrogen (secondary N) is 2. The Hall–Kier alpha value is -2.98. The van der Waals surface area contributed by atoms with Crippen LogP contribution >= 0.6 is 25.3 Å². The maximum atomic E-state index is 14.0. The summed E-state index contributed by atoms with van der Waals surface area (Å²) in [4.78, 5) is 53.5. The molecule has 0 heterocycles. The lowest BCUT2D eigenvalue weighted by Gasteiger charge is -2.50. The Morgan fingerprint density at radius 3 is 1.40 bits per heavy atom. The van der Waals surface area contributed by atoms with Gasteiger partial charge in [-0.2, -0.15) is 25.3 Å². The summed E-state index contributed by atoms with van der Waals surface area (Å²) in [5.41, 5.74) is 11.6. The van der Waals surface area contributed by atoms with E-state index in [2.05, 4.69) is 10.6 Å². The summed E-state index contributed by atoms with van der Waals surface area (Å²) < 4.78 is -2.22. The number of primary amides is 2. The Morgan fingerprint density at radius 2 is 1.10 bits per heavy atom. The molecule has 0 saturated heterocycles. The third-order valence-corrected chi connectivity index (χ3v) is 7.58. The van der Waals surface area contributed by atoms with Crippen molar-refractivity contribution < 1.29 is 19.2 Å². The zero-order valence-electron chi connectivity index (χ0n) is 23.6. The van der Waals surface area contributed by atoms with Crippen molar-refractivity contribution in [3.63, 3.8) is 0 Å². The average molecular weight is 587 g/mol. The third kappa shape index (κ3) is 8.76. The summed E-state index contributed by atoms with van der Waals surface area (Å²) in [5.74, 6) is -4.72. The highest BCUT2D eigenvalue weighted by Crippen LogP contribution is 2.52. The molecule has 218 valence electrons. The molecule has 0 radical (unpaired) electrons. The van der Waals surface area contributed by atoms with Crippen LogP contribution < -0.4 is 22.1 Å². The van der Waals surface area contributed by atoms with Crippen LogP contribution in [0.15, 0.2) is 60.7 Å². The molecule has 4 amide bonds. The van der Waals surface area contributed by atoms with Crippen molar-refractivity contribution in [2.75, 3.05) is 0 Å². The molecular weight excluding hydrogens is 544 g/mol. The quantitative estimate of drug-likeness (QED) is 0.178. The van der Waals surface area contributed by atoms with E-state index in [4.69, 9.17) is 36.7 Å². The lowest BCUT2D eigenvalue weighted by Crippen LogP contribution is -2.64. The predicted molar refractivity (Wildman–Crippen MR) is 164 cm³/mol. The fraction of sp³-hybridized carbons (Fsp3) is 0.467. The molecule has 8 nitrogen and oxygen atoms in total. The standard InChI is InChI=1S/C30H42N4O4S2/c1-28(2,39)23(25(36)33-18-20-12-7-5-8-13-20)30(27(32)38,17-11-16-22(31)35)24(29(3,4)40)26(37)34-19-21-14-9-6-10-15-21/h5-10,12-15,23-24,39-40H,11,16-19H2,1-4H3,(H2,31,35)(H2,32,38)(H,33,36)(H,34,37). The highest BCUT2D eigenvalue weighted by Gasteiger charge is 2.62. The minimum atomic E-state index is -1.77. The third-order valence-electron chi connectivity index (χ3n) is 7.06. The topological polar surface area (TPSA) is 144 Å². The van der Waals surface area contributed by atoms with Crippen LogP contribution in [0.3, 0.4) is 0 Å². The van der Waals surface area contributed by atoms with Crippen molar-refractivity contribution in [3.8, 4) is 0 Å². The monoisotopic (exact) mass is 586 g/mol. The predicted octanol–water partition coefficient (Wildman–Crippen LogP) is 3.40. The second-order valence-corrected chi connectivity index (χ2v) is 13.6. The van der Waals surface area contributed by atoms with E-state index in [1.807, 2.05) is 60.7 Å². The average Bonchev–Trinajstić information content (AvgIpc) is 2.85. The molecule has 0 aromatic heterocycles. The van der Waals surface area contributed by atoms with Crippen LogP contribution in [-0.2, 0) is 32.3 Å². The van der Waals surface area contributed by atoms with Crippen LogP contribution in [-0.4, -0.2) is 33.1 Å². The molecule has 40 heavy (non-hydrogen) atoms. The van der Waals surface area contributed by atoms with Gasteiger partial charge in [-0.25, -0.2) is 0 Å². The maximum absolute atomic E-state index is 14.0. The maximum Gasteiger partial charge on any atom is 0.225 e. The highest BCUT2D eigenvalue weighted by molar-refractivity contribution is 7.82. The van der Waals surface area contributed by atoms with Gasteiger partial charge >= 0.3 is 0 Å². The molecule has 10 heteroatoms. The summed E-state index contributed by atoms with van der Waals surface area (Å²) in [5, 5.41) is 5.85. The fourth-order valence-electron chi connectivity index (χ4n) is 5.56. The lowest BCUT2D eigenvalue weighted by molar-refractivity contribution is -0.154. The number of rotatable bonds is 15. The molecule has 2 atom stereocenters. The van der Waals surface area contributed by atoms with E-state index in [0.29, 0.717) is 0 Å². The van der Waals surface area contributed by atoms with Crippen molar-refractivity contribution >= 4 is 48.9 Å². The van der Waals surface area contributed by atoms with E-state index in [1.165, 1.54) is 0 Å². The minimum absolute atomic E-state index is 0.0495. The van der Waals surface area contributed by atoms with Gasteiger partial charge in [-0.3, -0.25) is 19.2 Å². The van der Waals surface area contributed by atoms with Crippen LogP contribution in [0.25, 0.3) is 0 Å². The van der Waals surface area contributed by atoms with Crippen LogP contribution in [0, 0.1) is 17.3 Å². The molecule has 2 aromatic carbocycles. The second kappa shape index (κ2) is 14.1. The molecular formula is C30H42N4O4S2. The molecule has 0 bridgehead atoms. The van der Waals surface area contributed by atoms with Gasteiger partial charge < -0.3 is 22.1 Å². The smallest absolute Gasteiger partial charge is 0.225 e. The summed E-state index contributed by atoms with van der Waals surface area (Å²) in [7, 11) is 0. The summed E-state index contributed by atoms with van der Waals surface area (Å²) >= 11 is 9.54. The van der Waals surface area contributed by atoms with Gasteiger partial charge in [0.15, 0.2) is 0 Å². The van der Waals surface area contributed by atoms with Crippen LogP contribution in [0.4, 0.5) is 0 Å². The first-order chi connectivity index (χ1) is 18.6. The molecule has 0 aliphatic rings. The van der Waals surface area contributed by atoms with Gasteiger partial charge in [0.05, 0.1) is 17.3 Å². The molecule has 0 fully saturated rings. The molecule has 0 aliphatic carbocycles. The number of benzene rings is 2. The summed E-state index contributed by atoms with van der Waals surface area (Å²) in [6.07, 6.45) is 0.0365. The summed E-state index contributed by atoms with van der Waals surface area (Å²) in [6.45, 7) is 7.23. The molecule has 0 saturated carbocycles. The van der Waals surface area contributed by atoms with Crippen molar-refractivity contribution in [3.05, 3.63) is 71.8 Å². The molecule has 2 rings (SSSR count). The second-order valence-electron chi connectivity index (χ2n) is 11.3. The first-order valence-electron chi connectivity index (χ1n) is 13.3. The molecule has 2 aromatic rings. The Bertz CT molecular complexity index is 1090. The SMILES string of the molecule is CC(C)(S)C(C(=O)NCc1ccccc1)C(CCCC(N)=O)(C(N)=O)C(C(=O)NCc1ccccc1)C(C)(C)S. The Labute approximate surface area is 248 Å². The first-order valence-corrected chi connectivity index (χ1v) is 14.2. The van der Waals surface area contributed by atoms with Crippen molar-refractivity contribution in [2.24, 2.45) is 28.7 Å². The van der Waals surface area contributed by atoms with E-state index < -0.39 is 50.4 Å². The highest BCUT2D eigenvalue weighted by atomic mass is 32.1. The van der Waals surface area contributed by atoms with E-state index in [9.17, 15) is 19.2 Å². The van der Waals surface area contributed by atoms with E-state index in [0.717, 1.165) is 11.1 Å². The Kier molecular flexibility index (Phi) is 11.7. The fourth-order valence-corrected chi connectivity index (χ4v) is 6.26. The number of hydrogen-bond acceptors (Lipinski definition) is 6. The number of hydrogen-bond donors (Lipinski definition) is 6. The number of carbonyl (C=O) groups excluding carboxylic acids is 4. The lowest BCUT2D eigenvalue weighted by atomic mass is 9.56.